The molecule has 0 aromatic heterocycles. The number of carboxylic acid groups (broad SMARTS) is 1. The molecule has 1 unspecified atom stereocenters. The van der Waals surface area contributed by atoms with Gasteiger partial charge in [-0.15, -0.1) is 5.06 Å². The summed E-state index contributed by atoms with van der Waals surface area (Å²) in [6, 6.07) is 13.9. The number of carbonyl (C=O) groups excluding carboxylic acids is 4. The first-order chi connectivity index (χ1) is 16.2. The molecule has 0 bridgehead atoms. The molecule has 0 saturated carbocycles. The number of nitrogens with zero attached hydrogens (tertiary/aromatic N) is 1. The standard InChI is InChI=1S/C23H19BrN2O8/c24-16-8-6-15(7-9-16)17-10-20(28)26(22(17)31)34-13-19(27)18(11-21(29)30)25-23(32)33-12-14-4-2-1-3-5-14/h1-10,18H,11-13H2,(H,25,32)(H,29,30). The van der Waals surface area contributed by atoms with Crippen molar-refractivity contribution >= 4 is 51.2 Å². The molecule has 1 aliphatic heterocycles. The van der Waals surface area contributed by atoms with Crippen molar-refractivity contribution < 1.29 is 38.7 Å². The van der Waals surface area contributed by atoms with E-state index >= 15 is 0 Å². The molecule has 3 rings (SSSR count). The Kier molecular flexibility index (Phi) is 8.28. The Bertz CT molecular complexity index is 1130. The molecule has 0 radical (unpaired) electrons. The summed E-state index contributed by atoms with van der Waals surface area (Å²) in [6.45, 7) is -0.908. The Morgan fingerprint density at radius 1 is 1.03 bits per heavy atom. The van der Waals surface area contributed by atoms with Gasteiger partial charge in [-0.3, -0.25) is 24.0 Å². The summed E-state index contributed by atoms with van der Waals surface area (Å²) in [6.07, 6.45) is -0.673. The predicted molar refractivity (Wildman–Crippen MR) is 121 cm³/mol. The molecule has 10 nitrogen and oxygen atoms in total. The van der Waals surface area contributed by atoms with Crippen molar-refractivity contribution in [3.63, 3.8) is 0 Å². The van der Waals surface area contributed by atoms with E-state index in [9.17, 15) is 24.0 Å². The Labute approximate surface area is 202 Å². The first-order valence-corrected chi connectivity index (χ1v) is 10.7. The highest BCUT2D eigenvalue weighted by molar-refractivity contribution is 9.10. The molecule has 0 fully saturated rings. The zero-order chi connectivity index (χ0) is 24.7. The summed E-state index contributed by atoms with van der Waals surface area (Å²) in [5.41, 5.74) is 1.25. The van der Waals surface area contributed by atoms with Crippen molar-refractivity contribution in [2.75, 3.05) is 6.61 Å². The SMILES string of the molecule is O=C(O)CC(NC(=O)OCc1ccccc1)C(=O)CON1C(=O)C=C(c2ccc(Br)cc2)C1=O. The number of alkyl carbamates (subject to hydrolysis) is 1. The van der Waals surface area contributed by atoms with E-state index in [1.54, 1.807) is 54.6 Å². The van der Waals surface area contributed by atoms with E-state index < -0.39 is 48.7 Å². The van der Waals surface area contributed by atoms with Crippen LogP contribution in [0.5, 0.6) is 0 Å². The smallest absolute Gasteiger partial charge is 0.408 e. The van der Waals surface area contributed by atoms with Gasteiger partial charge in [-0.25, -0.2) is 4.79 Å². The average molecular weight is 531 g/mol. The zero-order valence-corrected chi connectivity index (χ0v) is 19.2. The fourth-order valence-electron chi connectivity index (χ4n) is 2.97. The number of benzene rings is 2. The lowest BCUT2D eigenvalue weighted by Crippen LogP contribution is -2.45. The Morgan fingerprint density at radius 3 is 2.35 bits per heavy atom. The number of halogens is 1. The lowest BCUT2D eigenvalue weighted by Gasteiger charge is -2.18. The van der Waals surface area contributed by atoms with Crippen LogP contribution in [0.15, 0.2) is 65.1 Å². The number of carbonyl (C=O) groups is 5. The zero-order valence-electron chi connectivity index (χ0n) is 17.6. The molecular formula is C23H19BrN2O8. The number of aliphatic carboxylic acids is 1. The lowest BCUT2D eigenvalue weighted by atomic mass is 10.1. The van der Waals surface area contributed by atoms with Crippen molar-refractivity contribution in [1.29, 1.82) is 0 Å². The highest BCUT2D eigenvalue weighted by Crippen LogP contribution is 2.25. The first-order valence-electron chi connectivity index (χ1n) is 9.95. The number of imide groups is 1. The van der Waals surface area contributed by atoms with Crippen LogP contribution in [0.4, 0.5) is 4.79 Å². The fraction of sp³-hybridized carbons (Fsp3) is 0.174. The van der Waals surface area contributed by atoms with Gasteiger partial charge in [-0.1, -0.05) is 58.4 Å². The van der Waals surface area contributed by atoms with Gasteiger partial charge in [0.25, 0.3) is 11.8 Å². The van der Waals surface area contributed by atoms with E-state index in [1.165, 1.54) is 0 Å². The van der Waals surface area contributed by atoms with E-state index in [4.69, 9.17) is 14.7 Å². The molecule has 1 atom stereocenters. The second-order valence-corrected chi connectivity index (χ2v) is 8.01. The van der Waals surface area contributed by atoms with E-state index in [2.05, 4.69) is 21.2 Å². The third kappa shape index (κ3) is 6.59. The van der Waals surface area contributed by atoms with Crippen LogP contribution >= 0.6 is 15.9 Å². The molecule has 2 aromatic rings. The number of carboxylic acids is 1. The van der Waals surface area contributed by atoms with Crippen molar-refractivity contribution in [1.82, 2.24) is 10.4 Å². The minimum absolute atomic E-state index is 0.0784. The van der Waals surface area contributed by atoms with Gasteiger partial charge in [0, 0.05) is 10.5 Å². The second kappa shape index (κ2) is 11.3. The van der Waals surface area contributed by atoms with Crippen LogP contribution in [-0.4, -0.2) is 52.5 Å². The Balaban J connectivity index is 1.57. The highest BCUT2D eigenvalue weighted by Gasteiger charge is 2.34. The Hall–Kier alpha value is -3.83. The van der Waals surface area contributed by atoms with Gasteiger partial charge in [0.15, 0.2) is 5.78 Å². The van der Waals surface area contributed by atoms with Crippen LogP contribution in [0.2, 0.25) is 0 Å². The molecular weight excluding hydrogens is 512 g/mol. The van der Waals surface area contributed by atoms with E-state index in [0.717, 1.165) is 10.5 Å². The third-order valence-electron chi connectivity index (χ3n) is 4.65. The quantitative estimate of drug-likeness (QED) is 0.446. The topological polar surface area (TPSA) is 139 Å². The largest absolute Gasteiger partial charge is 0.481 e. The number of nitrogens with one attached hydrogen (secondary N) is 1. The van der Waals surface area contributed by atoms with Gasteiger partial charge in [0.1, 0.15) is 19.3 Å². The van der Waals surface area contributed by atoms with Gasteiger partial charge >= 0.3 is 12.1 Å². The fourth-order valence-corrected chi connectivity index (χ4v) is 3.23. The molecule has 3 amide bonds. The van der Waals surface area contributed by atoms with Crippen LogP contribution in [-0.2, 0) is 35.4 Å². The summed E-state index contributed by atoms with van der Waals surface area (Å²) in [4.78, 5) is 65.5. The number of hydroxylamine groups is 2. The molecule has 1 heterocycles. The minimum Gasteiger partial charge on any atom is -0.481 e. The van der Waals surface area contributed by atoms with Gasteiger partial charge in [-0.05, 0) is 23.3 Å². The van der Waals surface area contributed by atoms with Crippen LogP contribution in [0.1, 0.15) is 17.5 Å². The van der Waals surface area contributed by atoms with Crippen LogP contribution in [0, 0.1) is 0 Å². The maximum absolute atomic E-state index is 12.6. The lowest BCUT2D eigenvalue weighted by molar-refractivity contribution is -0.186. The van der Waals surface area contributed by atoms with Gasteiger partial charge in [-0.2, -0.15) is 0 Å². The summed E-state index contributed by atoms with van der Waals surface area (Å²) in [5, 5.41) is 11.7. The molecule has 34 heavy (non-hydrogen) atoms. The first kappa shape index (κ1) is 24.8. The minimum atomic E-state index is -1.49. The maximum Gasteiger partial charge on any atom is 0.408 e. The molecule has 0 saturated heterocycles. The van der Waals surface area contributed by atoms with E-state index in [-0.39, 0.29) is 12.2 Å². The van der Waals surface area contributed by atoms with Crippen molar-refractivity contribution in [3.05, 3.63) is 76.3 Å². The number of amides is 3. The third-order valence-corrected chi connectivity index (χ3v) is 5.17. The highest BCUT2D eigenvalue weighted by atomic mass is 79.9. The number of rotatable bonds is 10. The van der Waals surface area contributed by atoms with Gasteiger partial charge < -0.3 is 15.2 Å². The van der Waals surface area contributed by atoms with Crippen LogP contribution in [0.25, 0.3) is 5.57 Å². The monoisotopic (exact) mass is 530 g/mol. The molecule has 0 aliphatic carbocycles. The molecule has 11 heteroatoms. The van der Waals surface area contributed by atoms with Crippen molar-refractivity contribution in [3.8, 4) is 0 Å². The van der Waals surface area contributed by atoms with Crippen molar-refractivity contribution in [2.24, 2.45) is 0 Å². The number of Topliss-reactive ketones (excluding diaryl/α,β-unsaturated/α-hetero) is 1. The van der Waals surface area contributed by atoms with E-state index in [1.807, 2.05) is 0 Å². The van der Waals surface area contributed by atoms with Crippen molar-refractivity contribution in [2.45, 2.75) is 19.1 Å². The number of hydrogen-bond donors (Lipinski definition) is 2. The average Bonchev–Trinajstić information content (AvgIpc) is 3.09. The number of ketones is 1. The summed E-state index contributed by atoms with van der Waals surface area (Å²) in [5.74, 6) is -3.78. The molecule has 2 aromatic carbocycles. The molecule has 2 N–H and O–H groups in total. The normalized spacial score (nSPS) is 13.9. The number of ether oxygens (including phenoxy) is 1. The predicted octanol–water partition coefficient (Wildman–Crippen LogP) is 2.47. The van der Waals surface area contributed by atoms with Crippen LogP contribution < -0.4 is 5.32 Å². The van der Waals surface area contributed by atoms with Gasteiger partial charge in [0.2, 0.25) is 0 Å². The van der Waals surface area contributed by atoms with Crippen LogP contribution in [0.3, 0.4) is 0 Å². The molecule has 176 valence electrons. The Morgan fingerprint density at radius 2 is 1.71 bits per heavy atom. The van der Waals surface area contributed by atoms with E-state index in [0.29, 0.717) is 16.2 Å². The van der Waals surface area contributed by atoms with Gasteiger partial charge in [0.05, 0.1) is 12.0 Å². The molecule has 1 aliphatic rings. The summed E-state index contributed by atoms with van der Waals surface area (Å²) >= 11 is 3.28. The second-order valence-electron chi connectivity index (χ2n) is 7.10. The summed E-state index contributed by atoms with van der Waals surface area (Å²) in [7, 11) is 0. The summed E-state index contributed by atoms with van der Waals surface area (Å²) < 4.78 is 5.79. The maximum atomic E-state index is 12.6. The number of hydrogen-bond acceptors (Lipinski definition) is 7. The molecule has 0 spiro atoms.